The lowest BCUT2D eigenvalue weighted by Crippen LogP contribution is -2.61. The maximum atomic E-state index is 14.2. The largest absolute Gasteiger partial charge is 0.507 e. The fourth-order valence-electron chi connectivity index (χ4n) is 6.95. The van der Waals surface area contributed by atoms with Gasteiger partial charge < -0.3 is 10.2 Å². The van der Waals surface area contributed by atoms with Gasteiger partial charge >= 0.3 is 0 Å². The molecule has 0 spiro atoms. The molecule has 0 bridgehead atoms. The minimum Gasteiger partial charge on any atom is -0.507 e. The van der Waals surface area contributed by atoms with Crippen molar-refractivity contribution < 1.29 is 24.6 Å². The van der Waals surface area contributed by atoms with Crippen LogP contribution in [0, 0.1) is 22.2 Å². The number of aliphatic hydroxyl groups is 1. The van der Waals surface area contributed by atoms with Crippen molar-refractivity contribution in [3.8, 4) is 5.75 Å². The van der Waals surface area contributed by atoms with Crippen LogP contribution in [-0.2, 0) is 27.2 Å². The molecule has 0 unspecified atom stereocenters. The van der Waals surface area contributed by atoms with Gasteiger partial charge in [-0.2, -0.15) is 0 Å². The molecule has 0 radical (unpaired) electrons. The molecule has 3 aliphatic rings. The number of rotatable bonds is 3. The molecule has 0 aromatic heterocycles. The number of phenolic OH excluding ortho intramolecular Hbond substituents is 1. The van der Waals surface area contributed by atoms with E-state index in [-0.39, 0.29) is 28.4 Å². The average molecular weight is 451 g/mol. The zero-order chi connectivity index (χ0) is 24.7. The van der Waals surface area contributed by atoms with Gasteiger partial charge in [-0.1, -0.05) is 39.3 Å². The molecule has 176 valence electrons. The number of carbonyl (C=O) groups is 3. The maximum Gasteiger partial charge on any atom is 0.180 e. The van der Waals surface area contributed by atoms with Crippen LogP contribution in [0.4, 0.5) is 0 Å². The monoisotopic (exact) mass is 450 g/mol. The molecular weight excluding hydrogens is 416 g/mol. The Labute approximate surface area is 195 Å². The summed E-state index contributed by atoms with van der Waals surface area (Å²) in [6, 6.07) is 3.48. The quantitative estimate of drug-likeness (QED) is 0.482. The number of hydrogen-bond donors (Lipinski definition) is 2. The number of phenols is 1. The highest BCUT2D eigenvalue weighted by Gasteiger charge is 2.67. The Morgan fingerprint density at radius 1 is 1.06 bits per heavy atom. The molecule has 2 N–H and O–H groups in total. The molecule has 33 heavy (non-hydrogen) atoms. The smallest absolute Gasteiger partial charge is 0.180 e. The summed E-state index contributed by atoms with van der Waals surface area (Å²) in [4.78, 5) is 40.1. The Bertz CT molecular complexity index is 1180. The number of carbonyl (C=O) groups excluding carboxylic acids is 3. The van der Waals surface area contributed by atoms with Crippen molar-refractivity contribution in [2.45, 2.75) is 74.1 Å². The van der Waals surface area contributed by atoms with Crippen molar-refractivity contribution >= 4 is 23.1 Å². The topological polar surface area (TPSA) is 91.7 Å². The van der Waals surface area contributed by atoms with Gasteiger partial charge in [0.1, 0.15) is 11.5 Å². The minimum atomic E-state index is -1.45. The van der Waals surface area contributed by atoms with Crippen molar-refractivity contribution in [1.29, 1.82) is 0 Å². The van der Waals surface area contributed by atoms with Gasteiger partial charge in [0.15, 0.2) is 17.3 Å². The van der Waals surface area contributed by atoms with Crippen molar-refractivity contribution in [2.24, 2.45) is 22.2 Å². The molecule has 0 amide bonds. The Balaban J connectivity index is 1.98. The molecular formula is C28H34O5. The first-order valence-corrected chi connectivity index (χ1v) is 11.8. The summed E-state index contributed by atoms with van der Waals surface area (Å²) in [6.45, 7) is 13.0. The molecule has 0 aliphatic heterocycles. The fourth-order valence-corrected chi connectivity index (χ4v) is 6.95. The van der Waals surface area contributed by atoms with Gasteiger partial charge in [-0.3, -0.25) is 14.4 Å². The van der Waals surface area contributed by atoms with E-state index in [2.05, 4.69) is 13.8 Å². The van der Waals surface area contributed by atoms with Crippen LogP contribution in [0.1, 0.15) is 78.0 Å². The van der Waals surface area contributed by atoms with Gasteiger partial charge in [-0.05, 0) is 75.0 Å². The molecule has 4 rings (SSSR count). The number of fused-ring (bicyclic) bond motifs is 3. The fraction of sp³-hybridized carbons (Fsp3) is 0.536. The van der Waals surface area contributed by atoms with E-state index < -0.39 is 27.8 Å². The van der Waals surface area contributed by atoms with Crippen LogP contribution < -0.4 is 0 Å². The van der Waals surface area contributed by atoms with E-state index >= 15 is 0 Å². The molecule has 5 heteroatoms. The molecule has 0 heterocycles. The van der Waals surface area contributed by atoms with Crippen molar-refractivity contribution in [2.75, 3.05) is 0 Å². The predicted octanol–water partition coefficient (Wildman–Crippen LogP) is 5.29. The summed E-state index contributed by atoms with van der Waals surface area (Å²) in [5.41, 5.74) is 0.493. The van der Waals surface area contributed by atoms with Crippen LogP contribution in [0.25, 0.3) is 5.76 Å². The van der Waals surface area contributed by atoms with E-state index in [1.807, 2.05) is 26.8 Å². The Morgan fingerprint density at radius 3 is 2.27 bits per heavy atom. The third kappa shape index (κ3) is 3.00. The van der Waals surface area contributed by atoms with Crippen LogP contribution in [0.15, 0.2) is 28.9 Å². The van der Waals surface area contributed by atoms with Gasteiger partial charge in [0.25, 0.3) is 0 Å². The van der Waals surface area contributed by atoms with Gasteiger partial charge in [0.2, 0.25) is 0 Å². The number of ketones is 3. The van der Waals surface area contributed by atoms with E-state index in [0.717, 1.165) is 23.1 Å². The van der Waals surface area contributed by atoms with Crippen LogP contribution in [0.3, 0.4) is 0 Å². The van der Waals surface area contributed by atoms with Crippen molar-refractivity contribution in [3.63, 3.8) is 0 Å². The lowest BCUT2D eigenvalue weighted by atomic mass is 9.42. The van der Waals surface area contributed by atoms with E-state index in [1.165, 1.54) is 6.92 Å². The summed E-state index contributed by atoms with van der Waals surface area (Å²) in [7, 11) is 0. The maximum absolute atomic E-state index is 14.2. The molecule has 3 atom stereocenters. The van der Waals surface area contributed by atoms with Crippen molar-refractivity contribution in [3.05, 3.63) is 45.5 Å². The Hall–Kier alpha value is -2.69. The molecule has 1 aromatic rings. The van der Waals surface area contributed by atoms with E-state index in [0.29, 0.717) is 30.7 Å². The zero-order valence-corrected chi connectivity index (χ0v) is 20.7. The molecule has 3 aliphatic carbocycles. The molecule has 5 nitrogen and oxygen atoms in total. The summed E-state index contributed by atoms with van der Waals surface area (Å²) < 4.78 is 0. The Morgan fingerprint density at radius 2 is 1.70 bits per heavy atom. The number of aliphatic hydroxyl groups excluding tert-OH is 1. The molecule has 1 aromatic carbocycles. The number of hydrogen-bond acceptors (Lipinski definition) is 5. The summed E-state index contributed by atoms with van der Waals surface area (Å²) in [5, 5.41) is 22.1. The molecule has 0 saturated heterocycles. The van der Waals surface area contributed by atoms with Gasteiger partial charge in [0, 0.05) is 11.0 Å². The van der Waals surface area contributed by atoms with E-state index in [4.69, 9.17) is 0 Å². The zero-order valence-electron chi connectivity index (χ0n) is 20.7. The van der Waals surface area contributed by atoms with Gasteiger partial charge in [-0.25, -0.2) is 0 Å². The Kier molecular flexibility index (Phi) is 5.09. The standard InChI is InChI=1S/C28H34O5/c1-14(2)10-17-8-9-19(30)21-18(17)12-26(5)13-27(6)11-15(3)20(16(4)29)24(32)28(27,7)25(33)22(26)23(21)31/h8-9,14,30-31H,10-13H2,1-7H3/t26-,27+,28-/m1/s1. The van der Waals surface area contributed by atoms with Gasteiger partial charge in [0.05, 0.1) is 16.6 Å². The highest BCUT2D eigenvalue weighted by Crippen LogP contribution is 2.65. The number of aromatic hydroxyl groups is 1. The summed E-state index contributed by atoms with van der Waals surface area (Å²) in [6.07, 6.45) is 2.30. The first-order valence-electron chi connectivity index (χ1n) is 11.8. The lowest BCUT2D eigenvalue weighted by Gasteiger charge is -2.58. The van der Waals surface area contributed by atoms with Crippen LogP contribution >= 0.6 is 0 Å². The van der Waals surface area contributed by atoms with E-state index in [1.54, 1.807) is 13.0 Å². The summed E-state index contributed by atoms with van der Waals surface area (Å²) in [5.74, 6) is -1.10. The first-order chi connectivity index (χ1) is 15.2. The van der Waals surface area contributed by atoms with E-state index in [9.17, 15) is 24.6 Å². The highest BCUT2D eigenvalue weighted by atomic mass is 16.3. The number of benzene rings is 1. The lowest BCUT2D eigenvalue weighted by molar-refractivity contribution is -0.152. The number of allylic oxidation sites excluding steroid dienone is 3. The second-order valence-electron chi connectivity index (χ2n) is 11.6. The minimum absolute atomic E-state index is 0.0639. The second-order valence-corrected chi connectivity index (χ2v) is 11.6. The SMILES string of the molecule is CC(=O)C1=C(C)C[C@@]2(C)C[C@@]3(C)Cc4c(CC(C)C)ccc(O)c4C(O)=C3C(=O)[C@@]2(C)C1=O. The third-order valence-corrected chi connectivity index (χ3v) is 8.44. The third-order valence-electron chi connectivity index (χ3n) is 8.44. The highest BCUT2D eigenvalue weighted by molar-refractivity contribution is 6.31. The van der Waals surface area contributed by atoms with Crippen molar-refractivity contribution in [1.82, 2.24) is 0 Å². The van der Waals surface area contributed by atoms with Crippen LogP contribution in [0.2, 0.25) is 0 Å². The van der Waals surface area contributed by atoms with Crippen LogP contribution in [-0.4, -0.2) is 27.6 Å². The predicted molar refractivity (Wildman–Crippen MR) is 127 cm³/mol. The van der Waals surface area contributed by atoms with Crippen LogP contribution in [0.5, 0.6) is 5.75 Å². The number of Topliss-reactive ketones (excluding diaryl/α,β-unsaturated/α-hetero) is 3. The van der Waals surface area contributed by atoms with Gasteiger partial charge in [-0.15, -0.1) is 0 Å². The molecule has 1 fully saturated rings. The first kappa shape index (κ1) is 23.5. The summed E-state index contributed by atoms with van der Waals surface area (Å²) >= 11 is 0. The molecule has 1 saturated carbocycles. The average Bonchev–Trinajstić information content (AvgIpc) is 2.66. The normalized spacial score (nSPS) is 31.5. The second kappa shape index (κ2) is 7.15.